The molecule has 0 bridgehead atoms. The molecule has 0 aliphatic carbocycles. The third-order valence-electron chi connectivity index (χ3n) is 2.09. The predicted octanol–water partition coefficient (Wildman–Crippen LogP) is -0.661. The molecule has 1 fully saturated rings. The molecule has 1 saturated heterocycles. The van der Waals surface area contributed by atoms with Crippen molar-refractivity contribution in [2.45, 2.75) is 13.0 Å². The highest BCUT2D eigenvalue weighted by atomic mass is 32.2. The molecule has 0 aromatic heterocycles. The van der Waals surface area contributed by atoms with E-state index < -0.39 is 33.8 Å². The van der Waals surface area contributed by atoms with Crippen molar-refractivity contribution in [3.05, 3.63) is 0 Å². The second-order valence-corrected chi connectivity index (χ2v) is 6.22. The minimum Gasteiger partial charge on any atom is -0.480 e. The first-order chi connectivity index (χ1) is 7.88. The fraction of sp³-hybridized carbons (Fsp3) is 0.750. The van der Waals surface area contributed by atoms with Crippen LogP contribution in [0.4, 0.5) is 0 Å². The van der Waals surface area contributed by atoms with Crippen LogP contribution in [0.25, 0.3) is 0 Å². The molecule has 98 valence electrons. The van der Waals surface area contributed by atoms with Crippen LogP contribution >= 0.6 is 11.8 Å². The fourth-order valence-corrected chi connectivity index (χ4v) is 4.40. The molecule has 1 aliphatic rings. The maximum absolute atomic E-state index is 11.8. The number of sulfonamides is 1. The van der Waals surface area contributed by atoms with E-state index in [0.29, 0.717) is 0 Å². The highest BCUT2D eigenvalue weighted by molar-refractivity contribution is 8.00. The number of carbonyl (C=O) groups excluding carboxylic acids is 1. The van der Waals surface area contributed by atoms with Gasteiger partial charge in [0, 0.05) is 5.75 Å². The Labute approximate surface area is 103 Å². The third kappa shape index (κ3) is 3.58. The molecule has 0 amide bonds. The Kier molecular flexibility index (Phi) is 4.78. The zero-order valence-electron chi connectivity index (χ0n) is 9.16. The molecule has 1 N–H and O–H groups in total. The maximum atomic E-state index is 11.8. The van der Waals surface area contributed by atoms with Gasteiger partial charge in [-0.2, -0.15) is 4.31 Å². The summed E-state index contributed by atoms with van der Waals surface area (Å²) in [6.07, 6.45) is 0. The summed E-state index contributed by atoms with van der Waals surface area (Å²) in [5.74, 6) is -2.64. The van der Waals surface area contributed by atoms with Crippen LogP contribution in [0.1, 0.15) is 6.92 Å². The SMILES string of the molecule is CCOC(=O)CS(=O)(=O)N1CSCC1C(=O)O. The monoisotopic (exact) mass is 283 g/mol. The molecular formula is C8H13NO6S2. The Hall–Kier alpha value is -0.800. The van der Waals surface area contributed by atoms with E-state index in [1.54, 1.807) is 6.92 Å². The molecule has 17 heavy (non-hydrogen) atoms. The Morgan fingerprint density at radius 1 is 1.53 bits per heavy atom. The van der Waals surface area contributed by atoms with Gasteiger partial charge in [0.05, 0.1) is 12.5 Å². The lowest BCUT2D eigenvalue weighted by atomic mass is 10.4. The van der Waals surface area contributed by atoms with Gasteiger partial charge in [-0.3, -0.25) is 9.59 Å². The summed E-state index contributed by atoms with van der Waals surface area (Å²) < 4.78 is 28.9. The number of thioether (sulfide) groups is 1. The van der Waals surface area contributed by atoms with Crippen LogP contribution in [0, 0.1) is 0 Å². The Morgan fingerprint density at radius 3 is 2.71 bits per heavy atom. The van der Waals surface area contributed by atoms with Gasteiger partial charge in [-0.25, -0.2) is 8.42 Å². The Bertz CT molecular complexity index is 406. The number of ether oxygens (including phenoxy) is 1. The third-order valence-corrected chi connectivity index (χ3v) is 4.96. The number of rotatable bonds is 5. The molecule has 0 aromatic carbocycles. The van der Waals surface area contributed by atoms with Crippen LogP contribution in [-0.2, 0) is 24.3 Å². The van der Waals surface area contributed by atoms with Crippen LogP contribution in [0.15, 0.2) is 0 Å². The van der Waals surface area contributed by atoms with Crippen molar-refractivity contribution in [1.82, 2.24) is 4.31 Å². The first-order valence-electron chi connectivity index (χ1n) is 4.84. The highest BCUT2D eigenvalue weighted by Gasteiger charge is 2.40. The summed E-state index contributed by atoms with van der Waals surface area (Å²) in [4.78, 5) is 21.9. The quantitative estimate of drug-likeness (QED) is 0.668. The number of aliphatic carboxylic acids is 1. The first-order valence-corrected chi connectivity index (χ1v) is 7.60. The second-order valence-electron chi connectivity index (χ2n) is 3.30. The van der Waals surface area contributed by atoms with Crippen LogP contribution in [0.2, 0.25) is 0 Å². The van der Waals surface area contributed by atoms with E-state index in [4.69, 9.17) is 5.11 Å². The van der Waals surface area contributed by atoms with Gasteiger partial charge >= 0.3 is 11.9 Å². The number of carboxylic acids is 1. The van der Waals surface area contributed by atoms with E-state index in [1.807, 2.05) is 0 Å². The lowest BCUT2D eigenvalue weighted by Crippen LogP contribution is -2.44. The van der Waals surface area contributed by atoms with Gasteiger partial charge in [0.15, 0.2) is 5.75 Å². The van der Waals surface area contributed by atoms with E-state index in [0.717, 1.165) is 4.31 Å². The molecule has 1 rings (SSSR count). The van der Waals surface area contributed by atoms with Crippen LogP contribution in [0.3, 0.4) is 0 Å². The van der Waals surface area contributed by atoms with E-state index in [1.165, 1.54) is 11.8 Å². The standard InChI is InChI=1S/C8H13NO6S2/c1-2-15-7(10)4-17(13,14)9-5-16-3-6(9)8(11)12/h6H,2-5H2,1H3,(H,11,12). The van der Waals surface area contributed by atoms with Crippen molar-refractivity contribution in [1.29, 1.82) is 0 Å². The second kappa shape index (κ2) is 5.69. The van der Waals surface area contributed by atoms with E-state index in [9.17, 15) is 18.0 Å². The van der Waals surface area contributed by atoms with Crippen LogP contribution < -0.4 is 0 Å². The minimum absolute atomic E-state index is 0.0543. The molecule has 0 spiro atoms. The van der Waals surface area contributed by atoms with Gasteiger partial charge in [-0.1, -0.05) is 0 Å². The number of carbonyl (C=O) groups is 2. The summed E-state index contributed by atoms with van der Waals surface area (Å²) in [5, 5.41) is 8.85. The minimum atomic E-state index is -3.92. The van der Waals surface area contributed by atoms with E-state index >= 15 is 0 Å². The van der Waals surface area contributed by atoms with Gasteiger partial charge in [0.2, 0.25) is 10.0 Å². The van der Waals surface area contributed by atoms with Crippen molar-refractivity contribution < 1.29 is 27.9 Å². The molecule has 1 atom stereocenters. The Balaban J connectivity index is 2.76. The molecule has 9 heteroatoms. The van der Waals surface area contributed by atoms with Gasteiger partial charge in [0.1, 0.15) is 6.04 Å². The highest BCUT2D eigenvalue weighted by Crippen LogP contribution is 2.24. The van der Waals surface area contributed by atoms with Crippen molar-refractivity contribution in [3.63, 3.8) is 0 Å². The average molecular weight is 283 g/mol. The smallest absolute Gasteiger partial charge is 0.322 e. The van der Waals surface area contributed by atoms with E-state index in [2.05, 4.69) is 4.74 Å². The number of carboxylic acid groups (broad SMARTS) is 1. The number of nitrogens with zero attached hydrogens (tertiary/aromatic N) is 1. The van der Waals surface area contributed by atoms with Crippen molar-refractivity contribution in [2.75, 3.05) is 24.0 Å². The first kappa shape index (κ1) is 14.3. The van der Waals surface area contributed by atoms with Crippen molar-refractivity contribution >= 4 is 33.7 Å². The average Bonchev–Trinajstić information content (AvgIpc) is 2.65. The lowest BCUT2D eigenvalue weighted by molar-refractivity contribution is -0.141. The number of hydrogen-bond acceptors (Lipinski definition) is 6. The van der Waals surface area contributed by atoms with Crippen molar-refractivity contribution in [2.24, 2.45) is 0 Å². The molecule has 1 aliphatic heterocycles. The molecule has 0 radical (unpaired) electrons. The van der Waals surface area contributed by atoms with Gasteiger partial charge in [0.25, 0.3) is 0 Å². The summed E-state index contributed by atoms with van der Waals surface area (Å²) in [6.45, 7) is 1.65. The summed E-state index contributed by atoms with van der Waals surface area (Å²) in [5.41, 5.74) is 0. The number of esters is 1. The summed E-state index contributed by atoms with van der Waals surface area (Å²) in [7, 11) is -3.92. The maximum Gasteiger partial charge on any atom is 0.322 e. The molecule has 0 aromatic rings. The summed E-state index contributed by atoms with van der Waals surface area (Å²) in [6, 6.07) is -1.10. The summed E-state index contributed by atoms with van der Waals surface area (Å²) >= 11 is 1.20. The molecule has 1 unspecified atom stereocenters. The molecule has 7 nitrogen and oxygen atoms in total. The van der Waals surface area contributed by atoms with Gasteiger partial charge in [-0.05, 0) is 6.92 Å². The predicted molar refractivity (Wildman–Crippen MR) is 61.0 cm³/mol. The van der Waals surface area contributed by atoms with Crippen molar-refractivity contribution in [3.8, 4) is 0 Å². The zero-order chi connectivity index (χ0) is 13.1. The number of hydrogen-bond donors (Lipinski definition) is 1. The molecule has 0 saturated carbocycles. The van der Waals surface area contributed by atoms with Gasteiger partial charge < -0.3 is 9.84 Å². The normalized spacial score (nSPS) is 21.4. The molecular weight excluding hydrogens is 270 g/mol. The fourth-order valence-electron chi connectivity index (χ4n) is 1.33. The van der Waals surface area contributed by atoms with Crippen LogP contribution in [0.5, 0.6) is 0 Å². The lowest BCUT2D eigenvalue weighted by Gasteiger charge is -2.19. The van der Waals surface area contributed by atoms with Gasteiger partial charge in [-0.15, -0.1) is 11.8 Å². The van der Waals surface area contributed by atoms with Crippen LogP contribution in [-0.4, -0.2) is 59.8 Å². The Morgan fingerprint density at radius 2 is 2.18 bits per heavy atom. The zero-order valence-corrected chi connectivity index (χ0v) is 10.8. The largest absolute Gasteiger partial charge is 0.480 e. The topological polar surface area (TPSA) is 101 Å². The molecule has 1 heterocycles. The van der Waals surface area contributed by atoms with E-state index in [-0.39, 0.29) is 18.2 Å².